The van der Waals surface area contributed by atoms with Gasteiger partial charge in [0.1, 0.15) is 12.2 Å². The van der Waals surface area contributed by atoms with E-state index in [-0.39, 0.29) is 0 Å². The van der Waals surface area contributed by atoms with Gasteiger partial charge in [-0.2, -0.15) is 10.2 Å². The van der Waals surface area contributed by atoms with Crippen LogP contribution in [0.2, 0.25) is 0 Å². The number of nitrogens with zero attached hydrogens (tertiary/aromatic N) is 5. The van der Waals surface area contributed by atoms with Crippen molar-refractivity contribution in [2.75, 3.05) is 6.54 Å². The van der Waals surface area contributed by atoms with E-state index in [0.717, 1.165) is 25.3 Å². The minimum Gasteiger partial charge on any atom is -0.309 e. The van der Waals surface area contributed by atoms with Crippen LogP contribution in [-0.4, -0.2) is 31.1 Å². The molecule has 0 saturated carbocycles. The quantitative estimate of drug-likeness (QED) is 0.772. The second-order valence-electron chi connectivity index (χ2n) is 4.59. The number of nitrogens with one attached hydrogen (secondary N) is 1. The third kappa shape index (κ3) is 2.95. The van der Waals surface area contributed by atoms with Gasteiger partial charge in [-0.25, -0.2) is 9.67 Å². The van der Waals surface area contributed by atoms with E-state index in [1.807, 2.05) is 28.7 Å². The predicted molar refractivity (Wildman–Crippen MR) is 69.0 cm³/mol. The molecule has 0 aliphatic rings. The molecule has 18 heavy (non-hydrogen) atoms. The molecule has 98 valence electrons. The lowest BCUT2D eigenvalue weighted by atomic mass is 10.3. The van der Waals surface area contributed by atoms with Crippen LogP contribution in [0.15, 0.2) is 18.6 Å². The van der Waals surface area contributed by atoms with Crippen molar-refractivity contribution < 1.29 is 0 Å². The van der Waals surface area contributed by atoms with Crippen LogP contribution in [0.4, 0.5) is 0 Å². The number of rotatable bonds is 6. The number of hydrogen-bond acceptors (Lipinski definition) is 4. The van der Waals surface area contributed by atoms with Gasteiger partial charge in [0, 0.05) is 37.9 Å². The number of aryl methyl sites for hydroxylation is 1. The molecule has 0 spiro atoms. The Labute approximate surface area is 107 Å². The molecule has 0 unspecified atom stereocenters. The highest BCUT2D eigenvalue weighted by molar-refractivity contribution is 5.00. The average Bonchev–Trinajstić information content (AvgIpc) is 2.94. The van der Waals surface area contributed by atoms with Crippen LogP contribution in [0.1, 0.15) is 31.4 Å². The van der Waals surface area contributed by atoms with Crippen LogP contribution in [0.5, 0.6) is 0 Å². The van der Waals surface area contributed by atoms with Crippen LogP contribution in [0, 0.1) is 0 Å². The lowest BCUT2D eigenvalue weighted by molar-refractivity contribution is 0.489. The molecule has 0 saturated heterocycles. The average molecular weight is 248 g/mol. The first-order chi connectivity index (χ1) is 8.68. The van der Waals surface area contributed by atoms with Gasteiger partial charge in [0.15, 0.2) is 0 Å². The highest BCUT2D eigenvalue weighted by Crippen LogP contribution is 2.04. The Morgan fingerprint density at radius 1 is 1.33 bits per heavy atom. The normalized spacial score (nSPS) is 11.3. The van der Waals surface area contributed by atoms with E-state index in [1.54, 1.807) is 6.33 Å². The molecule has 0 atom stereocenters. The molecular formula is C12H20N6. The Balaban J connectivity index is 1.79. The van der Waals surface area contributed by atoms with Gasteiger partial charge in [0.25, 0.3) is 0 Å². The van der Waals surface area contributed by atoms with Crippen molar-refractivity contribution in [1.82, 2.24) is 29.9 Å². The largest absolute Gasteiger partial charge is 0.309 e. The summed E-state index contributed by atoms with van der Waals surface area (Å²) in [5, 5.41) is 11.7. The molecule has 0 fully saturated rings. The fraction of sp³-hybridized carbons (Fsp3) is 0.583. The highest BCUT2D eigenvalue weighted by Gasteiger charge is 2.06. The van der Waals surface area contributed by atoms with Gasteiger partial charge in [-0.3, -0.25) is 4.68 Å². The zero-order valence-corrected chi connectivity index (χ0v) is 11.2. The molecule has 2 heterocycles. The Morgan fingerprint density at radius 3 is 2.83 bits per heavy atom. The maximum atomic E-state index is 4.26. The van der Waals surface area contributed by atoms with E-state index in [0.29, 0.717) is 6.04 Å². The van der Waals surface area contributed by atoms with Crippen molar-refractivity contribution in [3.8, 4) is 0 Å². The van der Waals surface area contributed by atoms with Crippen LogP contribution in [0.3, 0.4) is 0 Å². The van der Waals surface area contributed by atoms with Crippen molar-refractivity contribution in [2.24, 2.45) is 7.05 Å². The third-order valence-electron chi connectivity index (χ3n) is 2.90. The summed E-state index contributed by atoms with van der Waals surface area (Å²) in [5.74, 6) is 0.981. The summed E-state index contributed by atoms with van der Waals surface area (Å²) in [6.07, 6.45) is 4.40. The van der Waals surface area contributed by atoms with Crippen molar-refractivity contribution in [1.29, 1.82) is 0 Å². The van der Waals surface area contributed by atoms with E-state index in [9.17, 15) is 0 Å². The summed E-state index contributed by atoms with van der Waals surface area (Å²) in [6, 6.07) is 2.39. The summed E-state index contributed by atoms with van der Waals surface area (Å²) in [6.45, 7) is 5.86. The predicted octanol–water partition coefficient (Wildman–Crippen LogP) is 0.925. The van der Waals surface area contributed by atoms with Gasteiger partial charge in [-0.15, -0.1) is 0 Å². The molecule has 0 aromatic carbocycles. The summed E-state index contributed by atoms with van der Waals surface area (Å²) >= 11 is 0. The Kier molecular flexibility index (Phi) is 4.09. The van der Waals surface area contributed by atoms with Crippen LogP contribution >= 0.6 is 0 Å². The van der Waals surface area contributed by atoms with Crippen LogP contribution in [-0.2, 0) is 20.0 Å². The minimum atomic E-state index is 0.348. The van der Waals surface area contributed by atoms with Crippen LogP contribution in [0.25, 0.3) is 0 Å². The van der Waals surface area contributed by atoms with Crippen LogP contribution < -0.4 is 5.32 Å². The SMILES string of the molecule is CC(C)n1ncnc1CNCCc1ccnn1C. The van der Waals surface area contributed by atoms with Gasteiger partial charge >= 0.3 is 0 Å². The molecule has 0 bridgehead atoms. The third-order valence-corrected chi connectivity index (χ3v) is 2.90. The Bertz CT molecular complexity index is 484. The summed E-state index contributed by atoms with van der Waals surface area (Å²) in [7, 11) is 1.96. The zero-order valence-electron chi connectivity index (χ0n) is 11.2. The highest BCUT2D eigenvalue weighted by atomic mass is 15.4. The van der Waals surface area contributed by atoms with Crippen molar-refractivity contribution >= 4 is 0 Å². The molecule has 2 rings (SSSR count). The maximum absolute atomic E-state index is 4.26. The molecule has 1 N–H and O–H groups in total. The van der Waals surface area contributed by atoms with E-state index < -0.39 is 0 Å². The second-order valence-corrected chi connectivity index (χ2v) is 4.59. The summed E-state index contributed by atoms with van der Waals surface area (Å²) < 4.78 is 3.84. The minimum absolute atomic E-state index is 0.348. The molecule has 0 aliphatic carbocycles. The van der Waals surface area contributed by atoms with Gasteiger partial charge in [-0.1, -0.05) is 0 Å². The first-order valence-electron chi connectivity index (χ1n) is 6.24. The first kappa shape index (κ1) is 12.8. The zero-order chi connectivity index (χ0) is 13.0. The summed E-state index contributed by atoms with van der Waals surface area (Å²) in [5.41, 5.74) is 1.23. The molecule has 0 amide bonds. The van der Waals surface area contributed by atoms with Gasteiger partial charge in [0.2, 0.25) is 0 Å². The smallest absolute Gasteiger partial charge is 0.141 e. The van der Waals surface area contributed by atoms with Crippen molar-refractivity contribution in [3.05, 3.63) is 30.1 Å². The Hall–Kier alpha value is -1.69. The molecule has 0 aliphatic heterocycles. The van der Waals surface area contributed by atoms with Gasteiger partial charge in [0.05, 0.1) is 6.54 Å². The van der Waals surface area contributed by atoms with Crippen molar-refractivity contribution in [3.63, 3.8) is 0 Å². The molecule has 0 radical (unpaired) electrons. The molecular weight excluding hydrogens is 228 g/mol. The van der Waals surface area contributed by atoms with E-state index in [4.69, 9.17) is 0 Å². The molecule has 6 nitrogen and oxygen atoms in total. The maximum Gasteiger partial charge on any atom is 0.141 e. The first-order valence-corrected chi connectivity index (χ1v) is 6.24. The summed E-state index contributed by atoms with van der Waals surface area (Å²) in [4.78, 5) is 4.26. The standard InChI is InChI=1S/C12H20N6/c1-10(2)18-12(14-9-16-18)8-13-6-4-11-5-7-15-17(11)3/h5,7,9-10,13H,4,6,8H2,1-3H3. The lowest BCUT2D eigenvalue weighted by Gasteiger charge is -2.10. The fourth-order valence-corrected chi connectivity index (χ4v) is 1.90. The molecule has 2 aromatic heterocycles. The molecule has 6 heteroatoms. The van der Waals surface area contributed by atoms with E-state index in [2.05, 4.69) is 34.3 Å². The Morgan fingerprint density at radius 2 is 2.17 bits per heavy atom. The lowest BCUT2D eigenvalue weighted by Crippen LogP contribution is -2.21. The van der Waals surface area contributed by atoms with Gasteiger partial charge < -0.3 is 5.32 Å². The fourth-order valence-electron chi connectivity index (χ4n) is 1.90. The molecule has 2 aromatic rings. The van der Waals surface area contributed by atoms with Gasteiger partial charge in [-0.05, 0) is 19.9 Å². The second kappa shape index (κ2) is 5.77. The topological polar surface area (TPSA) is 60.6 Å². The monoisotopic (exact) mass is 248 g/mol. The number of aromatic nitrogens is 5. The van der Waals surface area contributed by atoms with E-state index >= 15 is 0 Å². The number of hydrogen-bond donors (Lipinski definition) is 1. The van der Waals surface area contributed by atoms with Crippen molar-refractivity contribution in [2.45, 2.75) is 32.9 Å². The van der Waals surface area contributed by atoms with E-state index in [1.165, 1.54) is 5.69 Å².